The molecule has 7 nitrogen and oxygen atoms in total. The van der Waals surface area contributed by atoms with Crippen LogP contribution in [0.15, 0.2) is 48.5 Å². The molecular weight excluding hydrogens is 424 g/mol. The average Bonchev–Trinajstić information content (AvgIpc) is 3.25. The molecule has 0 bridgehead atoms. The van der Waals surface area contributed by atoms with Crippen molar-refractivity contribution >= 4 is 17.8 Å². The van der Waals surface area contributed by atoms with Gasteiger partial charge in [-0.2, -0.15) is 15.0 Å². The number of nitrogens with one attached hydrogen (secondary N) is 2. The molecule has 2 aliphatic rings. The number of ether oxygens (including phenoxy) is 1. The first kappa shape index (κ1) is 22.4. The maximum absolute atomic E-state index is 5.36. The van der Waals surface area contributed by atoms with Gasteiger partial charge in [0.05, 0.1) is 7.11 Å². The molecule has 178 valence electrons. The standard InChI is InChI=1S/C27H34N6O/c1-34-24-13-9-10-20(16-24)19-28-25-30-26(29-23-17-21-11-5-6-12-22(21)18-23)32-27(31-25)33-14-7-3-2-4-8-15-33/h5-6,9-13,16,23H,2-4,7-8,14-15,17-19H2,1H3,(H2,28,29,30,31,32). The quantitative estimate of drug-likeness (QED) is 0.525. The smallest absolute Gasteiger partial charge is 0.231 e. The lowest BCUT2D eigenvalue weighted by Crippen LogP contribution is -2.30. The van der Waals surface area contributed by atoms with Crippen LogP contribution < -0.4 is 20.3 Å². The van der Waals surface area contributed by atoms with Gasteiger partial charge in [-0.15, -0.1) is 0 Å². The van der Waals surface area contributed by atoms with Gasteiger partial charge in [-0.3, -0.25) is 0 Å². The molecule has 0 saturated carbocycles. The van der Waals surface area contributed by atoms with E-state index in [-0.39, 0.29) is 0 Å². The van der Waals surface area contributed by atoms with Crippen LogP contribution >= 0.6 is 0 Å². The molecule has 1 fully saturated rings. The van der Waals surface area contributed by atoms with Crippen molar-refractivity contribution in [2.75, 3.05) is 35.7 Å². The summed E-state index contributed by atoms with van der Waals surface area (Å²) in [6.45, 7) is 2.61. The molecule has 7 heteroatoms. The number of methoxy groups -OCH3 is 1. The summed E-state index contributed by atoms with van der Waals surface area (Å²) in [4.78, 5) is 16.8. The summed E-state index contributed by atoms with van der Waals surface area (Å²) in [5.41, 5.74) is 3.94. The highest BCUT2D eigenvalue weighted by Crippen LogP contribution is 2.25. The van der Waals surface area contributed by atoms with Crippen LogP contribution in [0.4, 0.5) is 17.8 Å². The number of benzene rings is 2. The highest BCUT2D eigenvalue weighted by molar-refractivity contribution is 5.46. The monoisotopic (exact) mass is 458 g/mol. The van der Waals surface area contributed by atoms with E-state index in [1.165, 1.54) is 43.2 Å². The van der Waals surface area contributed by atoms with Gasteiger partial charge in [-0.05, 0) is 54.5 Å². The summed E-state index contributed by atoms with van der Waals surface area (Å²) in [6.07, 6.45) is 8.22. The van der Waals surface area contributed by atoms with E-state index in [9.17, 15) is 0 Å². The third-order valence-corrected chi connectivity index (χ3v) is 6.73. The number of hydrogen-bond acceptors (Lipinski definition) is 7. The van der Waals surface area contributed by atoms with Gasteiger partial charge >= 0.3 is 0 Å². The zero-order valence-electron chi connectivity index (χ0n) is 20.0. The summed E-state index contributed by atoms with van der Waals surface area (Å²) in [7, 11) is 1.69. The lowest BCUT2D eigenvalue weighted by Gasteiger charge is -2.25. The number of hydrogen-bond donors (Lipinski definition) is 2. The lowest BCUT2D eigenvalue weighted by atomic mass is 10.1. The molecule has 34 heavy (non-hydrogen) atoms. The van der Waals surface area contributed by atoms with Crippen molar-refractivity contribution in [3.63, 3.8) is 0 Å². The van der Waals surface area contributed by atoms with E-state index < -0.39 is 0 Å². The van der Waals surface area contributed by atoms with Crippen LogP contribution in [0.1, 0.15) is 48.8 Å². The Morgan fingerprint density at radius 1 is 0.853 bits per heavy atom. The van der Waals surface area contributed by atoms with Gasteiger partial charge < -0.3 is 20.3 Å². The molecule has 2 N–H and O–H groups in total. The maximum atomic E-state index is 5.36. The molecule has 0 amide bonds. The summed E-state index contributed by atoms with van der Waals surface area (Å²) in [5.74, 6) is 2.87. The Hall–Kier alpha value is -3.35. The predicted octanol–water partition coefficient (Wildman–Crippen LogP) is 4.84. The van der Waals surface area contributed by atoms with Crippen LogP contribution in [0.2, 0.25) is 0 Å². The summed E-state index contributed by atoms with van der Waals surface area (Å²) < 4.78 is 5.36. The van der Waals surface area contributed by atoms with Crippen molar-refractivity contribution < 1.29 is 4.74 Å². The molecular formula is C27H34N6O. The molecule has 1 aliphatic carbocycles. The fourth-order valence-corrected chi connectivity index (χ4v) is 4.90. The maximum Gasteiger partial charge on any atom is 0.231 e. The van der Waals surface area contributed by atoms with Crippen LogP contribution in [0.5, 0.6) is 5.75 Å². The molecule has 0 spiro atoms. The van der Waals surface area contributed by atoms with E-state index >= 15 is 0 Å². The fourth-order valence-electron chi connectivity index (χ4n) is 4.90. The van der Waals surface area contributed by atoms with Crippen LogP contribution in [0.25, 0.3) is 0 Å². The van der Waals surface area contributed by atoms with Gasteiger partial charge in [0, 0.05) is 25.7 Å². The van der Waals surface area contributed by atoms with E-state index in [0.717, 1.165) is 43.2 Å². The third-order valence-electron chi connectivity index (χ3n) is 6.73. The minimum Gasteiger partial charge on any atom is -0.497 e. The summed E-state index contributed by atoms with van der Waals surface area (Å²) >= 11 is 0. The summed E-state index contributed by atoms with van der Waals surface area (Å²) in [5, 5.41) is 7.02. The van der Waals surface area contributed by atoms with Gasteiger partial charge in [0.1, 0.15) is 5.75 Å². The SMILES string of the molecule is COc1cccc(CNc2nc(NC3Cc4ccccc4C3)nc(N3CCCCCCC3)n2)c1. The van der Waals surface area contributed by atoms with Crippen molar-refractivity contribution in [3.8, 4) is 5.75 Å². The highest BCUT2D eigenvalue weighted by atomic mass is 16.5. The molecule has 1 saturated heterocycles. The highest BCUT2D eigenvalue weighted by Gasteiger charge is 2.23. The molecule has 0 radical (unpaired) electrons. The molecule has 5 rings (SSSR count). The topological polar surface area (TPSA) is 75.2 Å². The van der Waals surface area contributed by atoms with Gasteiger partial charge in [-0.1, -0.05) is 55.7 Å². The van der Waals surface area contributed by atoms with Gasteiger partial charge in [-0.25, -0.2) is 0 Å². The Morgan fingerprint density at radius 2 is 1.56 bits per heavy atom. The largest absolute Gasteiger partial charge is 0.497 e. The summed E-state index contributed by atoms with van der Waals surface area (Å²) in [6, 6.07) is 17.0. The minimum atomic E-state index is 0.297. The number of rotatable bonds is 7. The first-order valence-corrected chi connectivity index (χ1v) is 12.5. The average molecular weight is 459 g/mol. The molecule has 2 heterocycles. The first-order chi connectivity index (χ1) is 16.8. The second-order valence-corrected chi connectivity index (χ2v) is 9.26. The molecule has 2 aromatic carbocycles. The van der Waals surface area contributed by atoms with Gasteiger partial charge in [0.2, 0.25) is 17.8 Å². The predicted molar refractivity (Wildman–Crippen MR) is 137 cm³/mol. The zero-order valence-corrected chi connectivity index (χ0v) is 20.0. The lowest BCUT2D eigenvalue weighted by molar-refractivity contribution is 0.414. The van der Waals surface area contributed by atoms with E-state index in [4.69, 9.17) is 19.7 Å². The van der Waals surface area contributed by atoms with E-state index in [1.54, 1.807) is 7.11 Å². The molecule has 0 unspecified atom stereocenters. The first-order valence-electron chi connectivity index (χ1n) is 12.5. The van der Waals surface area contributed by atoms with Crippen LogP contribution in [0.3, 0.4) is 0 Å². The minimum absolute atomic E-state index is 0.297. The Morgan fingerprint density at radius 3 is 2.29 bits per heavy atom. The Balaban J connectivity index is 1.35. The van der Waals surface area contributed by atoms with E-state index in [1.807, 2.05) is 18.2 Å². The second kappa shape index (κ2) is 10.7. The van der Waals surface area contributed by atoms with Gasteiger partial charge in [0.25, 0.3) is 0 Å². The van der Waals surface area contributed by atoms with Crippen LogP contribution in [-0.2, 0) is 19.4 Å². The fraction of sp³-hybridized carbons (Fsp3) is 0.444. The van der Waals surface area contributed by atoms with Gasteiger partial charge in [0.15, 0.2) is 0 Å². The number of fused-ring (bicyclic) bond motifs is 1. The zero-order chi connectivity index (χ0) is 23.2. The molecule has 3 aromatic rings. The molecule has 1 aliphatic heterocycles. The third kappa shape index (κ3) is 5.58. The van der Waals surface area contributed by atoms with Crippen molar-refractivity contribution in [1.82, 2.24) is 15.0 Å². The van der Waals surface area contributed by atoms with Crippen LogP contribution in [-0.4, -0.2) is 41.2 Å². The molecule has 0 atom stereocenters. The Bertz CT molecular complexity index is 1070. The second-order valence-electron chi connectivity index (χ2n) is 9.26. The van der Waals surface area contributed by atoms with Crippen molar-refractivity contribution in [3.05, 3.63) is 65.2 Å². The number of aromatic nitrogens is 3. The van der Waals surface area contributed by atoms with Crippen molar-refractivity contribution in [2.24, 2.45) is 0 Å². The Labute approximate surface area is 202 Å². The number of anilines is 3. The van der Waals surface area contributed by atoms with Crippen LogP contribution in [0, 0.1) is 0 Å². The van der Waals surface area contributed by atoms with E-state index in [0.29, 0.717) is 24.5 Å². The molecule has 1 aromatic heterocycles. The van der Waals surface area contributed by atoms with Crippen molar-refractivity contribution in [2.45, 2.75) is 57.5 Å². The normalized spacial score (nSPS) is 16.4. The Kier molecular flexibility index (Phi) is 7.08. The van der Waals surface area contributed by atoms with Crippen molar-refractivity contribution in [1.29, 1.82) is 0 Å². The number of nitrogens with zero attached hydrogens (tertiary/aromatic N) is 4. The van der Waals surface area contributed by atoms with E-state index in [2.05, 4.69) is 45.9 Å².